The van der Waals surface area contributed by atoms with Crippen molar-refractivity contribution in [3.63, 3.8) is 0 Å². The maximum atomic E-state index is 13.0. The van der Waals surface area contributed by atoms with Crippen molar-refractivity contribution in [2.24, 2.45) is 0 Å². The van der Waals surface area contributed by atoms with E-state index in [0.717, 1.165) is 82.3 Å². The second-order valence-corrected chi connectivity index (χ2v) is 14.8. The summed E-state index contributed by atoms with van der Waals surface area (Å²) in [5, 5.41) is 3.40. The van der Waals surface area contributed by atoms with Crippen molar-refractivity contribution in [3.05, 3.63) is 107 Å². The van der Waals surface area contributed by atoms with Gasteiger partial charge in [0.05, 0.1) is 0 Å². The molecule has 8 nitrogen and oxygen atoms in total. The summed E-state index contributed by atoms with van der Waals surface area (Å²) in [4.78, 5) is 25.9. The number of ether oxygens (including phenoxy) is 6. The van der Waals surface area contributed by atoms with Crippen LogP contribution in [-0.2, 0) is 19.1 Å². The maximum Gasteiger partial charge on any atom is 0.306 e. The zero-order valence-electron chi connectivity index (χ0n) is 34.0. The van der Waals surface area contributed by atoms with Gasteiger partial charge in [-0.1, -0.05) is 99.2 Å². The SMILES string of the molecule is CCCCCC(=O)OC(COc1cccc(C)c1)COc1c2ccc(C)cc2c(OCC(COc2cccc(C)c2)OC(=O)CCCCC)c2ccc(C)cc12. The molecule has 5 aromatic rings. The van der Waals surface area contributed by atoms with Crippen LogP contribution in [0.4, 0.5) is 0 Å². The number of esters is 2. The molecule has 2 unspecified atom stereocenters. The molecule has 0 heterocycles. The third-order valence-electron chi connectivity index (χ3n) is 9.57. The summed E-state index contributed by atoms with van der Waals surface area (Å²) in [6, 6.07) is 27.9. The minimum absolute atomic E-state index is 0.0872. The molecule has 0 aromatic heterocycles. The number of hydrogen-bond donors (Lipinski definition) is 0. The fraction of sp³-hybridized carbons (Fsp3) is 0.417. The van der Waals surface area contributed by atoms with Crippen molar-refractivity contribution in [3.8, 4) is 23.0 Å². The quantitative estimate of drug-likeness (QED) is 0.0391. The van der Waals surface area contributed by atoms with E-state index in [4.69, 9.17) is 28.4 Å². The van der Waals surface area contributed by atoms with Crippen molar-refractivity contribution < 1.29 is 38.0 Å². The molecule has 0 fully saturated rings. The number of hydrogen-bond acceptors (Lipinski definition) is 8. The molecule has 0 aliphatic carbocycles. The van der Waals surface area contributed by atoms with E-state index in [-0.39, 0.29) is 38.4 Å². The van der Waals surface area contributed by atoms with Crippen molar-refractivity contribution in [1.29, 1.82) is 0 Å². The normalized spacial score (nSPS) is 12.2. The first-order valence-electron chi connectivity index (χ1n) is 20.1. The first-order chi connectivity index (χ1) is 27.1. The van der Waals surface area contributed by atoms with Crippen molar-refractivity contribution in [1.82, 2.24) is 0 Å². The van der Waals surface area contributed by atoms with Crippen LogP contribution in [0.2, 0.25) is 0 Å². The molecule has 5 rings (SSSR count). The Balaban J connectivity index is 1.44. The van der Waals surface area contributed by atoms with Crippen LogP contribution in [-0.4, -0.2) is 50.6 Å². The Labute approximate surface area is 332 Å². The lowest BCUT2D eigenvalue weighted by Gasteiger charge is -2.23. The van der Waals surface area contributed by atoms with E-state index >= 15 is 0 Å². The van der Waals surface area contributed by atoms with Gasteiger partial charge in [0.2, 0.25) is 0 Å². The average molecular weight is 763 g/mol. The Morgan fingerprint density at radius 1 is 0.464 bits per heavy atom. The fourth-order valence-electron chi connectivity index (χ4n) is 6.59. The molecule has 0 spiro atoms. The molecule has 0 saturated heterocycles. The molecule has 0 radical (unpaired) electrons. The Bertz CT molecular complexity index is 1910. The smallest absolute Gasteiger partial charge is 0.306 e. The van der Waals surface area contributed by atoms with Gasteiger partial charge in [0.15, 0.2) is 12.2 Å². The highest BCUT2D eigenvalue weighted by molar-refractivity contribution is 6.11. The highest BCUT2D eigenvalue weighted by Crippen LogP contribution is 2.44. The highest BCUT2D eigenvalue weighted by Gasteiger charge is 2.23. The van der Waals surface area contributed by atoms with Gasteiger partial charge in [0, 0.05) is 34.4 Å². The Kier molecular flexibility index (Phi) is 15.8. The van der Waals surface area contributed by atoms with E-state index in [1.54, 1.807) is 0 Å². The second kappa shape index (κ2) is 21.2. The van der Waals surface area contributed by atoms with Crippen LogP contribution >= 0.6 is 0 Å². The van der Waals surface area contributed by atoms with Gasteiger partial charge in [-0.2, -0.15) is 0 Å². The molecule has 0 N–H and O–H groups in total. The predicted octanol–water partition coefficient (Wildman–Crippen LogP) is 11.1. The monoisotopic (exact) mass is 762 g/mol. The number of carbonyl (C=O) groups excluding carboxylic acids is 2. The summed E-state index contributed by atoms with van der Waals surface area (Å²) in [7, 11) is 0. The minimum atomic E-state index is -0.651. The van der Waals surface area contributed by atoms with Crippen LogP contribution < -0.4 is 18.9 Å². The predicted molar refractivity (Wildman–Crippen MR) is 223 cm³/mol. The van der Waals surface area contributed by atoms with Crippen molar-refractivity contribution in [2.75, 3.05) is 26.4 Å². The third-order valence-corrected chi connectivity index (χ3v) is 9.57. The maximum absolute atomic E-state index is 13.0. The Hall–Kier alpha value is -5.24. The van der Waals surface area contributed by atoms with Crippen LogP contribution in [0.5, 0.6) is 23.0 Å². The first kappa shape index (κ1) is 41.9. The van der Waals surface area contributed by atoms with Crippen LogP contribution in [0.15, 0.2) is 84.9 Å². The molecular formula is C48H58O8. The standard InChI is InChI=1S/C48H58O8/c1-7-9-11-19-45(49)55-39(29-51-37-17-13-15-33(3)25-37)31-53-47-41-23-21-36(6)28-44(41)48(42-24-22-35(5)27-43(42)47)54-32-40(56-46(50)20-12-10-8-2)30-52-38-18-14-16-34(4)26-38/h13-18,21-28,39-40H,7-12,19-20,29-32H2,1-6H3. The largest absolute Gasteiger partial charge is 0.490 e. The van der Waals surface area contributed by atoms with Gasteiger partial charge in [0.25, 0.3) is 0 Å². The summed E-state index contributed by atoms with van der Waals surface area (Å²) in [5.74, 6) is 2.20. The first-order valence-corrected chi connectivity index (χ1v) is 20.1. The summed E-state index contributed by atoms with van der Waals surface area (Å²) in [5.41, 5.74) is 4.25. The fourth-order valence-corrected chi connectivity index (χ4v) is 6.59. The van der Waals surface area contributed by atoms with Crippen LogP contribution in [0.1, 0.15) is 87.5 Å². The molecule has 0 bridgehead atoms. The summed E-state index contributed by atoms with van der Waals surface area (Å²) in [6.07, 6.45) is 4.88. The summed E-state index contributed by atoms with van der Waals surface area (Å²) in [6.45, 7) is 12.8. The molecule has 0 aliphatic heterocycles. The van der Waals surface area contributed by atoms with Crippen molar-refractivity contribution in [2.45, 2.75) is 105 Å². The van der Waals surface area contributed by atoms with E-state index in [9.17, 15) is 9.59 Å². The van der Waals surface area contributed by atoms with Gasteiger partial charge in [-0.3, -0.25) is 9.59 Å². The second-order valence-electron chi connectivity index (χ2n) is 14.8. The van der Waals surface area contributed by atoms with E-state index in [2.05, 4.69) is 26.0 Å². The molecule has 2 atom stereocenters. The topological polar surface area (TPSA) is 89.5 Å². The van der Waals surface area contributed by atoms with Gasteiger partial charge in [-0.25, -0.2) is 0 Å². The summed E-state index contributed by atoms with van der Waals surface area (Å²) >= 11 is 0. The number of aryl methyl sites for hydroxylation is 4. The zero-order chi connectivity index (χ0) is 39.9. The summed E-state index contributed by atoms with van der Waals surface area (Å²) < 4.78 is 37.6. The van der Waals surface area contributed by atoms with Crippen LogP contribution in [0, 0.1) is 27.7 Å². The highest BCUT2D eigenvalue weighted by atomic mass is 16.6. The van der Waals surface area contributed by atoms with Crippen LogP contribution in [0.3, 0.4) is 0 Å². The van der Waals surface area contributed by atoms with E-state index in [0.29, 0.717) is 35.8 Å². The lowest BCUT2D eigenvalue weighted by atomic mass is 9.97. The minimum Gasteiger partial charge on any atom is -0.490 e. The van der Waals surface area contributed by atoms with Gasteiger partial charge in [-0.15, -0.1) is 0 Å². The Morgan fingerprint density at radius 2 is 0.857 bits per heavy atom. The van der Waals surface area contributed by atoms with Gasteiger partial charge < -0.3 is 28.4 Å². The number of benzene rings is 5. The molecule has 0 aliphatic rings. The molecule has 298 valence electrons. The lowest BCUT2D eigenvalue weighted by Crippen LogP contribution is -2.31. The van der Waals surface area contributed by atoms with E-state index in [1.807, 2.05) is 100 Å². The number of fused-ring (bicyclic) bond motifs is 2. The average Bonchev–Trinajstić information content (AvgIpc) is 3.17. The third kappa shape index (κ3) is 12.4. The molecule has 5 aromatic carbocycles. The van der Waals surface area contributed by atoms with Gasteiger partial charge >= 0.3 is 11.9 Å². The zero-order valence-corrected chi connectivity index (χ0v) is 34.0. The molecule has 8 heteroatoms. The Morgan fingerprint density at radius 3 is 1.25 bits per heavy atom. The number of carbonyl (C=O) groups is 2. The lowest BCUT2D eigenvalue weighted by molar-refractivity contribution is -0.153. The van der Waals surface area contributed by atoms with Crippen molar-refractivity contribution >= 4 is 33.5 Å². The van der Waals surface area contributed by atoms with Gasteiger partial charge in [0.1, 0.15) is 49.4 Å². The molecular weight excluding hydrogens is 705 g/mol. The van der Waals surface area contributed by atoms with E-state index in [1.165, 1.54) is 0 Å². The number of unbranched alkanes of at least 4 members (excludes halogenated alkanes) is 4. The van der Waals surface area contributed by atoms with E-state index < -0.39 is 12.2 Å². The number of rotatable bonds is 22. The van der Waals surface area contributed by atoms with Crippen LogP contribution in [0.25, 0.3) is 21.5 Å². The molecule has 56 heavy (non-hydrogen) atoms. The molecule has 0 amide bonds. The van der Waals surface area contributed by atoms with Gasteiger partial charge in [-0.05, 0) is 88.1 Å². The molecule has 0 saturated carbocycles.